The first-order valence-corrected chi connectivity index (χ1v) is 16.1. The van der Waals surface area contributed by atoms with E-state index < -0.39 is 51.3 Å². The minimum Gasteiger partial charge on any atom is -0.724 e. The summed E-state index contributed by atoms with van der Waals surface area (Å²) in [5, 5.41) is 14.6. The number of nitrogens with zero attached hydrogens (tertiary/aromatic N) is 3. The first-order valence-electron chi connectivity index (χ1n) is 13.8. The minimum atomic E-state index is -2.47. The van der Waals surface area contributed by atoms with Gasteiger partial charge in [0, 0.05) is 54.4 Å². The second-order valence-corrected chi connectivity index (χ2v) is 13.8. The molecule has 15 heteroatoms. The van der Waals surface area contributed by atoms with Crippen LogP contribution in [0, 0.1) is 23.0 Å². The largest absolute Gasteiger partial charge is 0.724 e. The molecule has 2 aromatic rings. The number of likely N-dealkylation sites (tertiary alicyclic amines) is 1. The molecule has 3 heterocycles. The summed E-state index contributed by atoms with van der Waals surface area (Å²) in [5.74, 6) is -4.06. The van der Waals surface area contributed by atoms with Gasteiger partial charge in [-0.25, -0.2) is 26.7 Å². The average Bonchev–Trinajstić information content (AvgIpc) is 3.55. The van der Waals surface area contributed by atoms with Crippen molar-refractivity contribution in [3.63, 3.8) is 0 Å². The van der Waals surface area contributed by atoms with Gasteiger partial charge in [0.2, 0.25) is 0 Å². The van der Waals surface area contributed by atoms with E-state index in [-0.39, 0.29) is 40.1 Å². The Morgan fingerprint density at radius 1 is 1.23 bits per heavy atom. The highest BCUT2D eigenvalue weighted by Crippen LogP contribution is 2.45. The minimum absolute atomic E-state index is 0.0684. The van der Waals surface area contributed by atoms with Crippen molar-refractivity contribution in [1.29, 1.82) is 0 Å². The Morgan fingerprint density at radius 2 is 1.91 bits per heavy atom. The number of ether oxygens (including phenoxy) is 1. The first kappa shape index (κ1) is 31.6. The Morgan fingerprint density at radius 3 is 2.47 bits per heavy atom. The van der Waals surface area contributed by atoms with Crippen LogP contribution in [0.15, 0.2) is 40.0 Å². The van der Waals surface area contributed by atoms with Crippen LogP contribution in [0.1, 0.15) is 62.1 Å². The number of methoxy groups -OCH3 is 1. The molecule has 3 aliphatic rings. The van der Waals surface area contributed by atoms with Crippen LogP contribution in [0.25, 0.3) is 0 Å². The molecule has 0 bridgehead atoms. The monoisotopic (exact) mass is 656 g/mol. The molecule has 2 atom stereocenters. The highest BCUT2D eigenvalue weighted by Gasteiger charge is 2.49. The number of hydrogen-bond donors (Lipinski definition) is 2. The van der Waals surface area contributed by atoms with E-state index in [9.17, 15) is 32.2 Å². The van der Waals surface area contributed by atoms with E-state index in [0.29, 0.717) is 55.1 Å². The SMILES string of the molecule is COC(=O)C1=C(C2CC[N+](C3CCC(C)(C(=O)O)CC3)(S(=O)[O-])CC2)NC(c2nccs2)=N[C@@H]1c1ccc(F)c(F)c1Cl. The van der Waals surface area contributed by atoms with Crippen molar-refractivity contribution in [2.45, 2.75) is 57.5 Å². The number of thiazole rings is 1. The highest BCUT2D eigenvalue weighted by atomic mass is 35.5. The predicted octanol–water partition coefficient (Wildman–Crippen LogP) is 4.65. The molecule has 2 aliphatic heterocycles. The molecule has 1 saturated carbocycles. The van der Waals surface area contributed by atoms with Crippen LogP contribution >= 0.6 is 22.9 Å². The number of aliphatic carboxylic acids is 1. The number of carbonyl (C=O) groups is 2. The van der Waals surface area contributed by atoms with Gasteiger partial charge in [-0.2, -0.15) is 0 Å². The van der Waals surface area contributed by atoms with Crippen LogP contribution < -0.4 is 5.32 Å². The molecule has 0 amide bonds. The lowest BCUT2D eigenvalue weighted by Crippen LogP contribution is -2.61. The summed E-state index contributed by atoms with van der Waals surface area (Å²) in [4.78, 5) is 34.0. The van der Waals surface area contributed by atoms with Crippen LogP contribution in [0.3, 0.4) is 0 Å². The molecule has 43 heavy (non-hydrogen) atoms. The van der Waals surface area contributed by atoms with Gasteiger partial charge in [0.25, 0.3) is 0 Å². The van der Waals surface area contributed by atoms with Crippen LogP contribution in [0.4, 0.5) is 8.78 Å². The maximum absolute atomic E-state index is 14.6. The van der Waals surface area contributed by atoms with Gasteiger partial charge in [-0.15, -0.1) is 11.3 Å². The number of rotatable bonds is 7. The summed E-state index contributed by atoms with van der Waals surface area (Å²) in [6.45, 7) is 2.19. The second kappa shape index (κ2) is 12.3. The van der Waals surface area contributed by atoms with Gasteiger partial charge in [-0.05, 0) is 25.8 Å². The second-order valence-electron chi connectivity index (χ2n) is 11.4. The lowest BCUT2D eigenvalue weighted by Gasteiger charge is -2.51. The smallest absolute Gasteiger partial charge is 0.338 e. The summed E-state index contributed by atoms with van der Waals surface area (Å²) in [6, 6.07) is 0.798. The van der Waals surface area contributed by atoms with Crippen molar-refractivity contribution in [3.8, 4) is 0 Å². The standard InChI is InChI=1S/C28H31ClF2N4O6S2/c1-28(27(37)38)9-5-16(6-10-28)35(43(39)40)12-7-15(8-13-35)22-19(26(36)41-2)23(17-3-4-18(30)21(31)20(17)29)34-24(33-22)25-32-11-14-42-25/h3-4,11,14-16,23H,5-10,12-13H2,1-2H3,(H2-,33,34,36,37,38,39,40)/t15?,16?,23-,28?,35?/m1/s1. The Balaban J connectivity index is 1.51. The molecule has 1 saturated heterocycles. The quantitative estimate of drug-likeness (QED) is 0.190. The topological polar surface area (TPSA) is 141 Å². The van der Waals surface area contributed by atoms with E-state index in [1.165, 1.54) is 24.5 Å². The molecular weight excluding hydrogens is 626 g/mol. The van der Waals surface area contributed by atoms with E-state index in [2.05, 4.69) is 15.3 Å². The van der Waals surface area contributed by atoms with Crippen LogP contribution in [-0.2, 0) is 25.6 Å². The van der Waals surface area contributed by atoms with Gasteiger partial charge < -0.3 is 19.7 Å². The van der Waals surface area contributed by atoms with Gasteiger partial charge in [-0.3, -0.25) is 9.79 Å². The maximum Gasteiger partial charge on any atom is 0.338 e. The number of nitrogens with one attached hydrogen (secondary N) is 1. The normalized spacial score (nSPS) is 30.3. The number of benzene rings is 1. The van der Waals surface area contributed by atoms with Gasteiger partial charge in [0.05, 0.1) is 36.2 Å². The molecule has 0 spiro atoms. The molecule has 1 aromatic carbocycles. The summed E-state index contributed by atoms with van der Waals surface area (Å²) in [7, 11) is 1.20. The zero-order chi connectivity index (χ0) is 31.1. The van der Waals surface area contributed by atoms with Gasteiger partial charge in [0.1, 0.15) is 23.4 Å². The van der Waals surface area contributed by atoms with E-state index >= 15 is 0 Å². The predicted molar refractivity (Wildman–Crippen MR) is 155 cm³/mol. The number of carboxylic acid groups (broad SMARTS) is 1. The van der Waals surface area contributed by atoms with E-state index in [1.807, 2.05) is 0 Å². The van der Waals surface area contributed by atoms with Crippen LogP contribution in [0.5, 0.6) is 0 Å². The number of carbonyl (C=O) groups excluding carboxylic acids is 1. The number of allylic oxidation sites excluding steroid dienone is 1. The highest BCUT2D eigenvalue weighted by molar-refractivity contribution is 7.73. The summed E-state index contributed by atoms with van der Waals surface area (Å²) >= 11 is 5.06. The third-order valence-electron chi connectivity index (χ3n) is 9.13. The number of halogens is 3. The van der Waals surface area contributed by atoms with E-state index in [4.69, 9.17) is 16.3 Å². The molecule has 5 rings (SSSR count). The number of quaternary nitrogens is 1. The van der Waals surface area contributed by atoms with Crippen molar-refractivity contribution in [2.24, 2.45) is 16.3 Å². The number of piperidine rings is 1. The molecule has 1 aromatic heterocycles. The van der Waals surface area contributed by atoms with Crippen LogP contribution in [-0.4, -0.2) is 66.8 Å². The molecule has 1 unspecified atom stereocenters. The molecule has 2 N–H and O–H groups in total. The van der Waals surface area contributed by atoms with Crippen molar-refractivity contribution >= 4 is 52.0 Å². The fourth-order valence-electron chi connectivity index (χ4n) is 6.50. The fraction of sp³-hybridized carbons (Fsp3) is 0.500. The fourth-order valence-corrected chi connectivity index (χ4v) is 8.31. The van der Waals surface area contributed by atoms with Crippen molar-refractivity contribution < 1.29 is 40.9 Å². The summed E-state index contributed by atoms with van der Waals surface area (Å²) in [6.07, 6.45) is 4.02. The van der Waals surface area contributed by atoms with Crippen molar-refractivity contribution in [1.82, 2.24) is 10.3 Å². The Bertz CT molecular complexity index is 1500. The molecular formula is C28H31ClF2N4O6S2. The van der Waals surface area contributed by atoms with Gasteiger partial charge >= 0.3 is 11.9 Å². The Kier molecular flexibility index (Phi) is 9.06. The maximum atomic E-state index is 14.6. The molecule has 2 fully saturated rings. The zero-order valence-electron chi connectivity index (χ0n) is 23.5. The lowest BCUT2D eigenvalue weighted by atomic mass is 9.73. The van der Waals surface area contributed by atoms with Crippen molar-refractivity contribution in [3.05, 3.63) is 62.2 Å². The van der Waals surface area contributed by atoms with Crippen molar-refractivity contribution in [2.75, 3.05) is 20.2 Å². The molecule has 10 nitrogen and oxygen atoms in total. The van der Waals surface area contributed by atoms with E-state index in [0.717, 1.165) is 6.07 Å². The summed E-state index contributed by atoms with van der Waals surface area (Å²) in [5.41, 5.74) is -0.301. The third-order valence-corrected chi connectivity index (χ3v) is 11.6. The van der Waals surface area contributed by atoms with Gasteiger partial charge in [-0.1, -0.05) is 17.7 Å². The Hall–Kier alpha value is -2.78. The number of aliphatic imine (C=N–C) groups is 1. The number of esters is 1. The Labute approximate surface area is 258 Å². The molecule has 0 radical (unpaired) electrons. The van der Waals surface area contributed by atoms with E-state index in [1.54, 1.807) is 18.5 Å². The zero-order valence-corrected chi connectivity index (χ0v) is 25.9. The molecule has 232 valence electrons. The number of carboxylic acids is 1. The first-order chi connectivity index (χ1) is 20.4. The number of aromatic nitrogens is 1. The van der Waals surface area contributed by atoms with Crippen LogP contribution in [0.2, 0.25) is 5.02 Å². The lowest BCUT2D eigenvalue weighted by molar-refractivity contribution is -0.842. The number of hydrogen-bond acceptors (Lipinski definition) is 9. The average molecular weight is 657 g/mol. The number of amidine groups is 1. The van der Waals surface area contributed by atoms with Gasteiger partial charge in [0.15, 0.2) is 22.5 Å². The third kappa shape index (κ3) is 5.75. The molecule has 1 aliphatic carbocycles. The summed E-state index contributed by atoms with van der Waals surface area (Å²) < 4.78 is 59.0.